The first-order chi connectivity index (χ1) is 8.27. The average Bonchev–Trinajstić information content (AvgIpc) is 2.59. The van der Waals surface area contributed by atoms with Crippen molar-refractivity contribution >= 4 is 16.9 Å². The van der Waals surface area contributed by atoms with E-state index in [1.807, 2.05) is 0 Å². The molecule has 1 aromatic carbocycles. The molecule has 0 fully saturated rings. The maximum atomic E-state index is 10.9. The highest BCUT2D eigenvalue weighted by Gasteiger charge is 2.22. The number of aliphatic hydroxyl groups is 1. The van der Waals surface area contributed by atoms with Gasteiger partial charge in [-0.1, -0.05) is 0 Å². The molecule has 0 saturated carbocycles. The van der Waals surface area contributed by atoms with Gasteiger partial charge in [0.2, 0.25) is 0 Å². The first kappa shape index (κ1) is 12.4. The summed E-state index contributed by atoms with van der Waals surface area (Å²) in [5, 5.41) is 20.1. The second-order valence-electron chi connectivity index (χ2n) is 4.62. The molecule has 0 radical (unpaired) electrons. The fourth-order valence-electron chi connectivity index (χ4n) is 1.59. The van der Waals surface area contributed by atoms with Crippen LogP contribution < -0.4 is 4.74 Å². The highest BCUT2D eigenvalue weighted by molar-refractivity contribution is 5.83. The molecule has 2 rings (SSSR count). The number of hydrogen-bond donors (Lipinski definition) is 2. The van der Waals surface area contributed by atoms with Crippen LogP contribution in [0.1, 0.15) is 26.5 Å². The number of carbonyl (C=O) groups is 1. The molecular formula is C13H14O5. The van der Waals surface area contributed by atoms with Crippen LogP contribution in [0.3, 0.4) is 0 Å². The smallest absolute Gasteiger partial charge is 0.308 e. The molecule has 5 heteroatoms. The average molecular weight is 250 g/mol. The lowest BCUT2D eigenvalue weighted by Crippen LogP contribution is -2.13. The van der Waals surface area contributed by atoms with Crippen LogP contribution in [0.2, 0.25) is 0 Å². The molecule has 0 spiro atoms. The minimum absolute atomic E-state index is 0.0677. The molecule has 1 heterocycles. The molecule has 18 heavy (non-hydrogen) atoms. The van der Waals surface area contributed by atoms with E-state index in [2.05, 4.69) is 0 Å². The molecule has 2 aromatic rings. The van der Waals surface area contributed by atoms with Crippen molar-refractivity contribution in [3.63, 3.8) is 0 Å². The van der Waals surface area contributed by atoms with E-state index in [0.717, 1.165) is 0 Å². The Balaban J connectivity index is 2.54. The number of phenolic OH excluding ortho intramolecular Hbond substituents is 1. The molecule has 5 nitrogen and oxygen atoms in total. The van der Waals surface area contributed by atoms with Gasteiger partial charge in [-0.25, -0.2) is 0 Å². The van der Waals surface area contributed by atoms with E-state index >= 15 is 0 Å². The van der Waals surface area contributed by atoms with Crippen molar-refractivity contribution in [3.05, 3.63) is 24.0 Å². The van der Waals surface area contributed by atoms with Gasteiger partial charge in [0.05, 0.1) is 0 Å². The Morgan fingerprint density at radius 1 is 1.33 bits per heavy atom. The molecule has 0 atom stereocenters. The molecule has 0 amide bonds. The van der Waals surface area contributed by atoms with Gasteiger partial charge in [0, 0.05) is 18.4 Å². The standard InChI is InChI=1S/C13H14O5/c1-7(14)17-11-4-8-5-12(13(2,3)16)18-10(8)6-9(11)15/h4-6,15-16H,1-3H3. The molecule has 96 valence electrons. The van der Waals surface area contributed by atoms with Crippen LogP contribution in [-0.4, -0.2) is 16.2 Å². The van der Waals surface area contributed by atoms with Crippen molar-refractivity contribution in [2.24, 2.45) is 0 Å². The van der Waals surface area contributed by atoms with Gasteiger partial charge in [0.25, 0.3) is 0 Å². The second kappa shape index (κ2) is 4.03. The zero-order valence-corrected chi connectivity index (χ0v) is 10.4. The van der Waals surface area contributed by atoms with E-state index in [1.165, 1.54) is 19.1 Å². The van der Waals surface area contributed by atoms with Crippen LogP contribution in [0, 0.1) is 0 Å². The lowest BCUT2D eigenvalue weighted by molar-refractivity contribution is -0.132. The van der Waals surface area contributed by atoms with Crippen molar-refractivity contribution in [2.45, 2.75) is 26.4 Å². The molecule has 0 aliphatic heterocycles. The van der Waals surface area contributed by atoms with E-state index in [4.69, 9.17) is 9.15 Å². The number of hydrogen-bond acceptors (Lipinski definition) is 5. The van der Waals surface area contributed by atoms with E-state index in [0.29, 0.717) is 16.7 Å². The lowest BCUT2D eigenvalue weighted by atomic mass is 10.1. The predicted octanol–water partition coefficient (Wildman–Crippen LogP) is 2.29. The molecule has 0 saturated heterocycles. The summed E-state index contributed by atoms with van der Waals surface area (Å²) in [7, 11) is 0. The number of aromatic hydroxyl groups is 1. The highest BCUT2D eigenvalue weighted by atomic mass is 16.5. The number of phenols is 1. The first-order valence-corrected chi connectivity index (χ1v) is 5.45. The highest BCUT2D eigenvalue weighted by Crippen LogP contribution is 2.35. The monoisotopic (exact) mass is 250 g/mol. The van der Waals surface area contributed by atoms with E-state index in [1.54, 1.807) is 19.9 Å². The molecule has 0 aliphatic rings. The van der Waals surface area contributed by atoms with Crippen molar-refractivity contribution in [1.82, 2.24) is 0 Å². The third-order valence-electron chi connectivity index (χ3n) is 2.45. The molecule has 0 aliphatic carbocycles. The number of carbonyl (C=O) groups excluding carboxylic acids is 1. The lowest BCUT2D eigenvalue weighted by Gasteiger charge is -2.12. The number of ether oxygens (including phenoxy) is 1. The molecule has 1 aromatic heterocycles. The number of rotatable bonds is 2. The van der Waals surface area contributed by atoms with Gasteiger partial charge in [-0.2, -0.15) is 0 Å². The summed E-state index contributed by atoms with van der Waals surface area (Å²) in [6, 6.07) is 4.48. The number of benzene rings is 1. The minimum atomic E-state index is -1.11. The quantitative estimate of drug-likeness (QED) is 0.631. The zero-order valence-electron chi connectivity index (χ0n) is 10.4. The Morgan fingerprint density at radius 2 is 2.00 bits per heavy atom. The molecule has 0 unspecified atom stereocenters. The maximum absolute atomic E-state index is 10.9. The zero-order chi connectivity index (χ0) is 13.5. The minimum Gasteiger partial charge on any atom is -0.504 e. The summed E-state index contributed by atoms with van der Waals surface area (Å²) in [4.78, 5) is 10.9. The Morgan fingerprint density at radius 3 is 2.56 bits per heavy atom. The second-order valence-corrected chi connectivity index (χ2v) is 4.62. The van der Waals surface area contributed by atoms with Gasteiger partial charge in [0.1, 0.15) is 16.9 Å². The number of furan rings is 1. The van der Waals surface area contributed by atoms with E-state index in [-0.39, 0.29) is 11.5 Å². The molecule has 2 N–H and O–H groups in total. The maximum Gasteiger partial charge on any atom is 0.308 e. The number of esters is 1. The van der Waals surface area contributed by atoms with Crippen LogP contribution in [0.4, 0.5) is 0 Å². The van der Waals surface area contributed by atoms with Crippen LogP contribution in [0.5, 0.6) is 11.5 Å². The third kappa shape index (κ3) is 2.31. The summed E-state index contributed by atoms with van der Waals surface area (Å²) in [6.45, 7) is 4.44. The summed E-state index contributed by atoms with van der Waals surface area (Å²) in [6.07, 6.45) is 0. The first-order valence-electron chi connectivity index (χ1n) is 5.45. The molecule has 0 bridgehead atoms. The fraction of sp³-hybridized carbons (Fsp3) is 0.308. The summed E-state index contributed by atoms with van der Waals surface area (Å²) >= 11 is 0. The van der Waals surface area contributed by atoms with Crippen molar-refractivity contribution in [2.75, 3.05) is 0 Å². The van der Waals surface area contributed by atoms with E-state index in [9.17, 15) is 15.0 Å². The Bertz CT molecular complexity index is 604. The van der Waals surface area contributed by atoms with Gasteiger partial charge in [-0.3, -0.25) is 4.79 Å². The van der Waals surface area contributed by atoms with Crippen LogP contribution in [0.25, 0.3) is 11.0 Å². The summed E-state index contributed by atoms with van der Waals surface area (Å²) in [5.74, 6) is -0.264. The van der Waals surface area contributed by atoms with Crippen LogP contribution in [-0.2, 0) is 10.4 Å². The van der Waals surface area contributed by atoms with Crippen LogP contribution >= 0.6 is 0 Å². The van der Waals surface area contributed by atoms with Crippen LogP contribution in [0.15, 0.2) is 22.6 Å². The van der Waals surface area contributed by atoms with Crippen molar-refractivity contribution < 1.29 is 24.2 Å². The van der Waals surface area contributed by atoms with Gasteiger partial charge < -0.3 is 19.4 Å². The third-order valence-corrected chi connectivity index (χ3v) is 2.45. The summed E-state index contributed by atoms with van der Waals surface area (Å²) in [5.41, 5.74) is -0.698. The largest absolute Gasteiger partial charge is 0.504 e. The van der Waals surface area contributed by atoms with Crippen molar-refractivity contribution in [3.8, 4) is 11.5 Å². The van der Waals surface area contributed by atoms with Crippen molar-refractivity contribution in [1.29, 1.82) is 0 Å². The Hall–Kier alpha value is -2.01. The van der Waals surface area contributed by atoms with Gasteiger partial charge >= 0.3 is 5.97 Å². The topological polar surface area (TPSA) is 79.9 Å². The Labute approximate surface area is 104 Å². The Kier molecular flexibility index (Phi) is 2.78. The van der Waals surface area contributed by atoms with Gasteiger partial charge in [-0.15, -0.1) is 0 Å². The fourth-order valence-corrected chi connectivity index (χ4v) is 1.59. The SMILES string of the molecule is CC(=O)Oc1cc2cc(C(C)(C)O)oc2cc1O. The normalized spacial score (nSPS) is 11.8. The van der Waals surface area contributed by atoms with E-state index < -0.39 is 11.6 Å². The molecular weight excluding hydrogens is 236 g/mol. The predicted molar refractivity (Wildman–Crippen MR) is 64.4 cm³/mol. The number of fused-ring (bicyclic) bond motifs is 1. The summed E-state index contributed by atoms with van der Waals surface area (Å²) < 4.78 is 10.3. The van der Waals surface area contributed by atoms with Gasteiger partial charge in [-0.05, 0) is 26.0 Å². The van der Waals surface area contributed by atoms with Gasteiger partial charge in [0.15, 0.2) is 11.5 Å².